The third-order valence-electron chi connectivity index (χ3n) is 3.15. The number of oxazole rings is 1. The van der Waals surface area contributed by atoms with Gasteiger partial charge in [-0.25, -0.2) is 4.98 Å². The molecule has 0 radical (unpaired) electrons. The molecule has 1 amide bonds. The number of fused-ring (bicyclic) bond motifs is 1. The van der Waals surface area contributed by atoms with Crippen LogP contribution in [-0.2, 0) is 11.2 Å². The maximum Gasteiger partial charge on any atom is 0.238 e. The summed E-state index contributed by atoms with van der Waals surface area (Å²) in [5.74, 6) is 0.694. The molecule has 0 bridgehead atoms. The standard InChI is InChI=1S/C14H17N3O2/c1-2-14-17-11-7-10(5-6-12(11)19-14)16-13(18)8-15-9-3-4-9/h5-7,9,15H,2-4,8H2,1H3,(H,16,18). The fourth-order valence-electron chi connectivity index (χ4n) is 1.93. The Labute approximate surface area is 111 Å². The van der Waals surface area contributed by atoms with Gasteiger partial charge in [-0.05, 0) is 31.0 Å². The summed E-state index contributed by atoms with van der Waals surface area (Å²) >= 11 is 0. The molecule has 1 aromatic heterocycles. The zero-order chi connectivity index (χ0) is 13.2. The van der Waals surface area contributed by atoms with Crippen molar-refractivity contribution in [2.45, 2.75) is 32.2 Å². The van der Waals surface area contributed by atoms with Gasteiger partial charge in [-0.2, -0.15) is 0 Å². The van der Waals surface area contributed by atoms with Crippen molar-refractivity contribution in [3.05, 3.63) is 24.1 Å². The highest BCUT2D eigenvalue weighted by Gasteiger charge is 2.21. The minimum atomic E-state index is -0.0227. The molecule has 2 aromatic rings. The minimum Gasteiger partial charge on any atom is -0.441 e. The predicted molar refractivity (Wildman–Crippen MR) is 73.0 cm³/mol. The summed E-state index contributed by atoms with van der Waals surface area (Å²) in [6.45, 7) is 2.36. The molecular formula is C14H17N3O2. The lowest BCUT2D eigenvalue weighted by molar-refractivity contribution is -0.115. The molecule has 0 unspecified atom stereocenters. The Morgan fingerprint density at radius 1 is 1.47 bits per heavy atom. The smallest absolute Gasteiger partial charge is 0.238 e. The van der Waals surface area contributed by atoms with E-state index in [1.54, 1.807) is 0 Å². The van der Waals surface area contributed by atoms with Crippen molar-refractivity contribution in [3.63, 3.8) is 0 Å². The molecule has 0 spiro atoms. The molecule has 1 aliphatic carbocycles. The number of rotatable bonds is 5. The van der Waals surface area contributed by atoms with Crippen molar-refractivity contribution in [2.75, 3.05) is 11.9 Å². The van der Waals surface area contributed by atoms with E-state index in [0.717, 1.165) is 23.2 Å². The van der Waals surface area contributed by atoms with E-state index in [4.69, 9.17) is 4.42 Å². The molecule has 5 heteroatoms. The van der Waals surface area contributed by atoms with Gasteiger partial charge >= 0.3 is 0 Å². The summed E-state index contributed by atoms with van der Waals surface area (Å²) in [4.78, 5) is 16.1. The monoisotopic (exact) mass is 259 g/mol. The molecule has 0 saturated heterocycles. The third kappa shape index (κ3) is 2.93. The molecule has 2 N–H and O–H groups in total. The quantitative estimate of drug-likeness (QED) is 0.862. The Balaban J connectivity index is 1.67. The van der Waals surface area contributed by atoms with E-state index in [2.05, 4.69) is 15.6 Å². The van der Waals surface area contributed by atoms with Crippen LogP contribution in [0.25, 0.3) is 11.1 Å². The second-order valence-electron chi connectivity index (χ2n) is 4.85. The lowest BCUT2D eigenvalue weighted by Gasteiger charge is -2.05. The van der Waals surface area contributed by atoms with Crippen LogP contribution < -0.4 is 10.6 Å². The number of anilines is 1. The van der Waals surface area contributed by atoms with Gasteiger partial charge in [0.25, 0.3) is 0 Å². The lowest BCUT2D eigenvalue weighted by atomic mass is 10.3. The van der Waals surface area contributed by atoms with Crippen molar-refractivity contribution in [1.82, 2.24) is 10.3 Å². The number of nitrogens with one attached hydrogen (secondary N) is 2. The highest BCUT2D eigenvalue weighted by molar-refractivity contribution is 5.94. The van der Waals surface area contributed by atoms with Gasteiger partial charge < -0.3 is 15.1 Å². The Hall–Kier alpha value is -1.88. The second-order valence-corrected chi connectivity index (χ2v) is 4.85. The fourth-order valence-corrected chi connectivity index (χ4v) is 1.93. The molecular weight excluding hydrogens is 242 g/mol. The predicted octanol–water partition coefficient (Wildman–Crippen LogP) is 2.08. The van der Waals surface area contributed by atoms with E-state index in [0.29, 0.717) is 18.5 Å². The summed E-state index contributed by atoms with van der Waals surface area (Å²) in [5, 5.41) is 6.04. The molecule has 1 saturated carbocycles. The zero-order valence-electron chi connectivity index (χ0n) is 10.9. The van der Waals surface area contributed by atoms with Crippen LogP contribution in [0.4, 0.5) is 5.69 Å². The molecule has 0 atom stereocenters. The van der Waals surface area contributed by atoms with E-state index in [1.165, 1.54) is 12.8 Å². The van der Waals surface area contributed by atoms with Crippen LogP contribution in [0.2, 0.25) is 0 Å². The molecule has 1 fully saturated rings. The number of hydrogen-bond acceptors (Lipinski definition) is 4. The van der Waals surface area contributed by atoms with Crippen molar-refractivity contribution < 1.29 is 9.21 Å². The van der Waals surface area contributed by atoms with Crippen LogP contribution in [0, 0.1) is 0 Å². The summed E-state index contributed by atoms with van der Waals surface area (Å²) in [6.07, 6.45) is 3.12. The van der Waals surface area contributed by atoms with Gasteiger partial charge in [0.2, 0.25) is 5.91 Å². The number of benzene rings is 1. The van der Waals surface area contributed by atoms with E-state index in [1.807, 2.05) is 25.1 Å². The van der Waals surface area contributed by atoms with Gasteiger partial charge in [0.05, 0.1) is 6.54 Å². The summed E-state index contributed by atoms with van der Waals surface area (Å²) in [5.41, 5.74) is 2.29. The largest absolute Gasteiger partial charge is 0.441 e. The molecule has 100 valence electrons. The molecule has 5 nitrogen and oxygen atoms in total. The Morgan fingerprint density at radius 2 is 2.32 bits per heavy atom. The van der Waals surface area contributed by atoms with Crippen LogP contribution in [0.15, 0.2) is 22.6 Å². The average molecular weight is 259 g/mol. The van der Waals surface area contributed by atoms with Gasteiger partial charge in [0.15, 0.2) is 11.5 Å². The lowest BCUT2D eigenvalue weighted by Crippen LogP contribution is -2.29. The maximum atomic E-state index is 11.7. The first kappa shape index (κ1) is 12.2. The van der Waals surface area contributed by atoms with Crippen LogP contribution in [0.1, 0.15) is 25.7 Å². The normalized spacial score (nSPS) is 14.8. The first-order valence-corrected chi connectivity index (χ1v) is 6.67. The average Bonchev–Trinajstić information content (AvgIpc) is 3.14. The summed E-state index contributed by atoms with van der Waals surface area (Å²) in [7, 11) is 0. The highest BCUT2D eigenvalue weighted by atomic mass is 16.3. The van der Waals surface area contributed by atoms with Crippen molar-refractivity contribution in [1.29, 1.82) is 0 Å². The zero-order valence-corrected chi connectivity index (χ0v) is 10.9. The van der Waals surface area contributed by atoms with Crippen molar-refractivity contribution in [3.8, 4) is 0 Å². The van der Waals surface area contributed by atoms with Crippen LogP contribution >= 0.6 is 0 Å². The Bertz CT molecular complexity index is 602. The molecule has 3 rings (SSSR count). The van der Waals surface area contributed by atoms with Crippen molar-refractivity contribution in [2.24, 2.45) is 0 Å². The van der Waals surface area contributed by atoms with Crippen LogP contribution in [0.5, 0.6) is 0 Å². The minimum absolute atomic E-state index is 0.0227. The van der Waals surface area contributed by atoms with E-state index >= 15 is 0 Å². The number of aromatic nitrogens is 1. The van der Waals surface area contributed by atoms with Crippen LogP contribution in [-0.4, -0.2) is 23.5 Å². The number of aryl methyl sites for hydroxylation is 1. The number of nitrogens with zero attached hydrogens (tertiary/aromatic N) is 1. The van der Waals surface area contributed by atoms with Gasteiger partial charge in [-0.3, -0.25) is 4.79 Å². The summed E-state index contributed by atoms with van der Waals surface area (Å²) < 4.78 is 5.53. The van der Waals surface area contributed by atoms with E-state index < -0.39 is 0 Å². The molecule has 1 heterocycles. The van der Waals surface area contributed by atoms with E-state index in [9.17, 15) is 4.79 Å². The van der Waals surface area contributed by atoms with Crippen molar-refractivity contribution >= 4 is 22.7 Å². The molecule has 19 heavy (non-hydrogen) atoms. The molecule has 0 aliphatic heterocycles. The first-order valence-electron chi connectivity index (χ1n) is 6.67. The third-order valence-corrected chi connectivity index (χ3v) is 3.15. The maximum absolute atomic E-state index is 11.7. The highest BCUT2D eigenvalue weighted by Crippen LogP contribution is 2.20. The van der Waals surface area contributed by atoms with Gasteiger partial charge in [0.1, 0.15) is 5.52 Å². The van der Waals surface area contributed by atoms with Gasteiger partial charge in [-0.1, -0.05) is 6.92 Å². The van der Waals surface area contributed by atoms with Gasteiger partial charge in [0, 0.05) is 18.2 Å². The first-order chi connectivity index (χ1) is 9.24. The number of hydrogen-bond donors (Lipinski definition) is 2. The topological polar surface area (TPSA) is 67.2 Å². The van der Waals surface area contributed by atoms with Gasteiger partial charge in [-0.15, -0.1) is 0 Å². The molecule has 1 aliphatic rings. The fraction of sp³-hybridized carbons (Fsp3) is 0.429. The SMILES string of the molecule is CCc1nc2cc(NC(=O)CNC3CC3)ccc2o1. The van der Waals surface area contributed by atoms with E-state index in [-0.39, 0.29) is 5.91 Å². The Morgan fingerprint density at radius 3 is 3.05 bits per heavy atom. The Kier molecular flexibility index (Phi) is 3.21. The molecule has 1 aromatic carbocycles. The summed E-state index contributed by atoms with van der Waals surface area (Å²) in [6, 6.07) is 6.05. The second kappa shape index (κ2) is 5.01. The number of carbonyl (C=O) groups excluding carboxylic acids is 1. The number of carbonyl (C=O) groups is 1. The number of amides is 1. The van der Waals surface area contributed by atoms with Crippen LogP contribution in [0.3, 0.4) is 0 Å².